The average Bonchev–Trinajstić information content (AvgIpc) is 2.65. The highest BCUT2D eigenvalue weighted by atomic mass is 16.5. The molecule has 0 saturated carbocycles. The molecular formula is C14H18N4O. The van der Waals surface area contributed by atoms with Crippen molar-refractivity contribution in [2.45, 2.75) is 20.3 Å². The number of amidine groups is 1. The van der Waals surface area contributed by atoms with Gasteiger partial charge in [0.25, 0.3) is 0 Å². The molecule has 19 heavy (non-hydrogen) atoms. The number of nitrogens with two attached hydrogens (primary N) is 1. The second kappa shape index (κ2) is 5.14. The van der Waals surface area contributed by atoms with Crippen molar-refractivity contribution in [3.8, 4) is 11.6 Å². The minimum atomic E-state index is -0.0328. The van der Waals surface area contributed by atoms with Gasteiger partial charge in [-0.15, -0.1) is 0 Å². The molecule has 3 N–H and O–H groups in total. The van der Waals surface area contributed by atoms with Gasteiger partial charge in [0.2, 0.25) is 5.88 Å². The van der Waals surface area contributed by atoms with Crippen molar-refractivity contribution < 1.29 is 4.74 Å². The number of rotatable bonds is 4. The van der Waals surface area contributed by atoms with Crippen molar-refractivity contribution in [2.24, 2.45) is 12.8 Å². The first kappa shape index (κ1) is 13.1. The topological polar surface area (TPSA) is 76.9 Å². The standard InChI is InChI=1S/C14H18N4O/c1-4-10-7-5-6-8-11(10)19-14-12(13(15)16)9(2)17-18(14)3/h5-8H,4H2,1-3H3,(H3,15,16). The number of ether oxygens (including phenoxy) is 1. The largest absolute Gasteiger partial charge is 0.438 e. The van der Waals surface area contributed by atoms with Crippen LogP contribution in [0.2, 0.25) is 0 Å². The van der Waals surface area contributed by atoms with E-state index >= 15 is 0 Å². The number of hydrogen-bond donors (Lipinski definition) is 2. The zero-order chi connectivity index (χ0) is 14.0. The highest BCUT2D eigenvalue weighted by molar-refractivity contribution is 5.98. The quantitative estimate of drug-likeness (QED) is 0.653. The zero-order valence-electron chi connectivity index (χ0n) is 11.4. The van der Waals surface area contributed by atoms with E-state index in [0.717, 1.165) is 17.7 Å². The van der Waals surface area contributed by atoms with Gasteiger partial charge in [0.1, 0.15) is 17.1 Å². The lowest BCUT2D eigenvalue weighted by Crippen LogP contribution is -2.13. The molecule has 1 heterocycles. The van der Waals surface area contributed by atoms with Gasteiger partial charge in [-0.05, 0) is 25.0 Å². The molecule has 100 valence electrons. The highest BCUT2D eigenvalue weighted by Gasteiger charge is 2.18. The molecule has 0 unspecified atom stereocenters. The molecule has 0 radical (unpaired) electrons. The van der Waals surface area contributed by atoms with E-state index in [-0.39, 0.29) is 5.84 Å². The van der Waals surface area contributed by atoms with Gasteiger partial charge in [-0.2, -0.15) is 5.10 Å². The minimum absolute atomic E-state index is 0.0328. The van der Waals surface area contributed by atoms with Crippen LogP contribution < -0.4 is 10.5 Å². The zero-order valence-corrected chi connectivity index (χ0v) is 11.4. The van der Waals surface area contributed by atoms with E-state index in [2.05, 4.69) is 12.0 Å². The molecule has 0 bridgehead atoms. The summed E-state index contributed by atoms with van der Waals surface area (Å²) in [6, 6.07) is 7.83. The smallest absolute Gasteiger partial charge is 0.228 e. The Kier molecular flexibility index (Phi) is 3.55. The third-order valence-electron chi connectivity index (χ3n) is 3.00. The first-order valence-electron chi connectivity index (χ1n) is 6.18. The predicted molar refractivity (Wildman–Crippen MR) is 74.9 cm³/mol. The lowest BCUT2D eigenvalue weighted by Gasteiger charge is -2.11. The predicted octanol–water partition coefficient (Wildman–Crippen LogP) is 2.37. The number of nitrogen functional groups attached to an aromatic ring is 1. The van der Waals surface area contributed by atoms with Crippen LogP contribution in [0.4, 0.5) is 0 Å². The molecule has 5 nitrogen and oxygen atoms in total. The summed E-state index contributed by atoms with van der Waals surface area (Å²) in [5, 5.41) is 11.9. The number of para-hydroxylation sites is 1. The summed E-state index contributed by atoms with van der Waals surface area (Å²) in [6.07, 6.45) is 0.877. The third kappa shape index (κ3) is 2.45. The average molecular weight is 258 g/mol. The van der Waals surface area contributed by atoms with Crippen molar-refractivity contribution in [1.82, 2.24) is 9.78 Å². The van der Waals surface area contributed by atoms with Crippen LogP contribution in [0.15, 0.2) is 24.3 Å². The number of nitrogens with one attached hydrogen (secondary N) is 1. The van der Waals surface area contributed by atoms with Crippen LogP contribution in [0.25, 0.3) is 0 Å². The summed E-state index contributed by atoms with van der Waals surface area (Å²) in [7, 11) is 1.78. The van der Waals surface area contributed by atoms with Gasteiger partial charge in [0.15, 0.2) is 0 Å². The Morgan fingerprint density at radius 3 is 2.74 bits per heavy atom. The van der Waals surface area contributed by atoms with Crippen LogP contribution in [0.3, 0.4) is 0 Å². The maximum absolute atomic E-state index is 7.64. The summed E-state index contributed by atoms with van der Waals surface area (Å²) in [5.74, 6) is 1.25. The lowest BCUT2D eigenvalue weighted by molar-refractivity contribution is 0.425. The van der Waals surface area contributed by atoms with Gasteiger partial charge in [-0.25, -0.2) is 4.68 Å². The number of benzene rings is 1. The maximum atomic E-state index is 7.64. The molecule has 5 heteroatoms. The molecule has 2 rings (SSSR count). The third-order valence-corrected chi connectivity index (χ3v) is 3.00. The summed E-state index contributed by atoms with van der Waals surface area (Å²) in [5.41, 5.74) is 7.95. The molecule has 0 aliphatic heterocycles. The molecule has 0 spiro atoms. The summed E-state index contributed by atoms with van der Waals surface area (Å²) >= 11 is 0. The molecule has 0 amide bonds. The Bertz CT molecular complexity index is 616. The van der Waals surface area contributed by atoms with E-state index < -0.39 is 0 Å². The normalized spacial score (nSPS) is 10.5. The number of aryl methyl sites for hydroxylation is 3. The number of hydrogen-bond acceptors (Lipinski definition) is 3. The van der Waals surface area contributed by atoms with Crippen molar-refractivity contribution in [2.75, 3.05) is 0 Å². The first-order valence-corrected chi connectivity index (χ1v) is 6.18. The molecule has 2 aromatic rings. The monoisotopic (exact) mass is 258 g/mol. The van der Waals surface area contributed by atoms with Crippen molar-refractivity contribution in [3.05, 3.63) is 41.1 Å². The highest BCUT2D eigenvalue weighted by Crippen LogP contribution is 2.29. The SMILES string of the molecule is CCc1ccccc1Oc1c(C(=N)N)c(C)nn1C. The maximum Gasteiger partial charge on any atom is 0.228 e. The number of aromatic nitrogens is 2. The summed E-state index contributed by atoms with van der Waals surface area (Å²) in [4.78, 5) is 0. The van der Waals surface area contributed by atoms with Crippen LogP contribution >= 0.6 is 0 Å². The number of nitrogens with zero attached hydrogens (tertiary/aromatic N) is 2. The molecule has 0 fully saturated rings. The molecule has 0 atom stereocenters. The van der Waals surface area contributed by atoms with Gasteiger partial charge < -0.3 is 10.5 Å². The summed E-state index contributed by atoms with van der Waals surface area (Å²) < 4.78 is 7.53. The van der Waals surface area contributed by atoms with Crippen LogP contribution in [0, 0.1) is 12.3 Å². The Hall–Kier alpha value is -2.30. The van der Waals surface area contributed by atoms with Crippen molar-refractivity contribution in [3.63, 3.8) is 0 Å². The molecular weight excluding hydrogens is 240 g/mol. The minimum Gasteiger partial charge on any atom is -0.438 e. The second-order valence-electron chi connectivity index (χ2n) is 4.37. The Labute approximate surface area is 112 Å². The fraction of sp³-hybridized carbons (Fsp3) is 0.286. The Morgan fingerprint density at radius 1 is 1.42 bits per heavy atom. The van der Waals surface area contributed by atoms with E-state index in [1.807, 2.05) is 31.2 Å². The van der Waals surface area contributed by atoms with E-state index in [9.17, 15) is 0 Å². The van der Waals surface area contributed by atoms with E-state index in [4.69, 9.17) is 15.9 Å². The fourth-order valence-electron chi connectivity index (χ4n) is 2.06. The van der Waals surface area contributed by atoms with Crippen LogP contribution in [0.1, 0.15) is 23.7 Å². The van der Waals surface area contributed by atoms with Gasteiger partial charge >= 0.3 is 0 Å². The van der Waals surface area contributed by atoms with Gasteiger partial charge in [0.05, 0.1) is 5.69 Å². The van der Waals surface area contributed by atoms with Gasteiger partial charge in [-0.1, -0.05) is 25.1 Å². The van der Waals surface area contributed by atoms with Crippen LogP contribution in [-0.4, -0.2) is 15.6 Å². The second-order valence-corrected chi connectivity index (χ2v) is 4.37. The van der Waals surface area contributed by atoms with E-state index in [0.29, 0.717) is 17.1 Å². The Morgan fingerprint density at radius 2 is 2.11 bits per heavy atom. The molecule has 0 aliphatic carbocycles. The van der Waals surface area contributed by atoms with Crippen molar-refractivity contribution >= 4 is 5.84 Å². The first-order chi connectivity index (χ1) is 9.04. The van der Waals surface area contributed by atoms with E-state index in [1.165, 1.54) is 0 Å². The lowest BCUT2D eigenvalue weighted by atomic mass is 10.1. The van der Waals surface area contributed by atoms with Gasteiger partial charge in [0, 0.05) is 7.05 Å². The van der Waals surface area contributed by atoms with Crippen LogP contribution in [0.5, 0.6) is 11.6 Å². The van der Waals surface area contributed by atoms with Crippen LogP contribution in [-0.2, 0) is 13.5 Å². The van der Waals surface area contributed by atoms with Crippen molar-refractivity contribution in [1.29, 1.82) is 5.41 Å². The molecule has 1 aromatic heterocycles. The van der Waals surface area contributed by atoms with Gasteiger partial charge in [-0.3, -0.25) is 5.41 Å². The Balaban J connectivity index is 2.46. The summed E-state index contributed by atoms with van der Waals surface area (Å²) in [6.45, 7) is 3.89. The molecule has 0 aliphatic rings. The molecule has 0 saturated heterocycles. The van der Waals surface area contributed by atoms with E-state index in [1.54, 1.807) is 11.7 Å². The molecule has 1 aromatic carbocycles. The fourth-order valence-corrected chi connectivity index (χ4v) is 2.06.